The van der Waals surface area contributed by atoms with E-state index in [4.69, 9.17) is 17.7 Å². The average molecular weight is 473 g/mol. The van der Waals surface area contributed by atoms with Crippen LogP contribution >= 0.6 is 0 Å². The van der Waals surface area contributed by atoms with E-state index in [0.29, 0.717) is 26.4 Å². The molecule has 0 aromatic carbocycles. The average Bonchev–Trinajstić information content (AvgIpc) is 2.72. The summed E-state index contributed by atoms with van der Waals surface area (Å²) in [5.41, 5.74) is -0.218. The molecule has 0 aromatic heterocycles. The van der Waals surface area contributed by atoms with Crippen LogP contribution in [0.5, 0.6) is 0 Å². The van der Waals surface area contributed by atoms with Crippen LogP contribution in [0.4, 0.5) is 0 Å². The van der Waals surface area contributed by atoms with Crippen molar-refractivity contribution in [2.75, 3.05) is 26.4 Å². The van der Waals surface area contributed by atoms with Crippen molar-refractivity contribution in [3.05, 3.63) is 45.1 Å². The zero-order valence-corrected chi connectivity index (χ0v) is 25.8. The summed E-state index contributed by atoms with van der Waals surface area (Å²) in [5.74, 6) is 0. The van der Waals surface area contributed by atoms with E-state index in [1.807, 2.05) is 0 Å². The summed E-state index contributed by atoms with van der Waals surface area (Å²) >= 11 is 0. The van der Waals surface area contributed by atoms with Crippen molar-refractivity contribution < 1.29 is 17.7 Å². The highest BCUT2D eigenvalue weighted by Gasteiger charge is 2.32. The molecule has 0 bridgehead atoms. The molecule has 0 fully saturated rings. The Balaban J connectivity index is 5.24. The third kappa shape index (κ3) is 14.3. The standard InChI is InChI=1S/C21H44O4Si4/c1-9-17(5)26-22-13-21(14-23-27-18(6)10-2,15-24-28-19(7)11-3)16-25-29-20(8)12-4/h9-12H,13-16,26-29H2,1-8H3. The van der Waals surface area contributed by atoms with E-state index in [0.717, 1.165) is 0 Å². The second-order valence-corrected chi connectivity index (χ2v) is 15.3. The van der Waals surface area contributed by atoms with Gasteiger partial charge in [0.25, 0.3) is 0 Å². The van der Waals surface area contributed by atoms with Gasteiger partial charge in [-0.15, -0.1) is 0 Å². The van der Waals surface area contributed by atoms with Gasteiger partial charge in [-0.25, -0.2) is 0 Å². The van der Waals surface area contributed by atoms with Gasteiger partial charge in [0.2, 0.25) is 0 Å². The fourth-order valence-electron chi connectivity index (χ4n) is 2.30. The molecule has 0 atom stereocenters. The Morgan fingerprint density at radius 2 is 0.724 bits per heavy atom. The molecule has 0 rings (SSSR count). The molecule has 0 N–H and O–H groups in total. The van der Waals surface area contributed by atoms with Crippen LogP contribution in [0.3, 0.4) is 0 Å². The van der Waals surface area contributed by atoms with Gasteiger partial charge in [0.05, 0.1) is 5.41 Å². The first-order chi connectivity index (χ1) is 13.8. The third-order valence-corrected chi connectivity index (χ3v) is 10.0. The van der Waals surface area contributed by atoms with Crippen LogP contribution in [-0.4, -0.2) is 65.5 Å². The summed E-state index contributed by atoms with van der Waals surface area (Å²) in [5, 5.41) is 5.50. The Labute approximate surface area is 189 Å². The first-order valence-electron chi connectivity index (χ1n) is 10.6. The monoisotopic (exact) mass is 472 g/mol. The number of hydrogen-bond acceptors (Lipinski definition) is 4. The maximum Gasteiger partial charge on any atom is 0.187 e. The van der Waals surface area contributed by atoms with Crippen molar-refractivity contribution in [3.8, 4) is 0 Å². The van der Waals surface area contributed by atoms with Crippen molar-refractivity contribution >= 4 is 39.1 Å². The van der Waals surface area contributed by atoms with E-state index in [-0.39, 0.29) is 5.41 Å². The van der Waals surface area contributed by atoms with Crippen LogP contribution in [0, 0.1) is 5.41 Å². The molecule has 4 nitrogen and oxygen atoms in total. The Kier molecular flexibility index (Phi) is 17.2. The molecule has 0 saturated heterocycles. The van der Waals surface area contributed by atoms with Gasteiger partial charge < -0.3 is 17.7 Å². The van der Waals surface area contributed by atoms with E-state index in [1.54, 1.807) is 0 Å². The first kappa shape index (κ1) is 28.7. The van der Waals surface area contributed by atoms with Crippen LogP contribution in [0.2, 0.25) is 0 Å². The lowest BCUT2D eigenvalue weighted by atomic mass is 9.93. The predicted molar refractivity (Wildman–Crippen MR) is 138 cm³/mol. The molecule has 0 aromatic rings. The second-order valence-electron chi connectivity index (χ2n) is 8.01. The SMILES string of the molecule is CC=C(C)[SiH2]OCC(CO[SiH2]C(C)=CC)(CO[SiH2]C(C)=CC)CO[SiH2]C(C)=CC. The van der Waals surface area contributed by atoms with Crippen LogP contribution in [0.25, 0.3) is 0 Å². The second kappa shape index (κ2) is 17.4. The lowest BCUT2D eigenvalue weighted by molar-refractivity contribution is 0.000600. The van der Waals surface area contributed by atoms with Gasteiger partial charge in [0.15, 0.2) is 39.1 Å². The van der Waals surface area contributed by atoms with Gasteiger partial charge in [-0.1, -0.05) is 45.1 Å². The molecule has 0 radical (unpaired) electrons. The molecular formula is C21H44O4Si4. The van der Waals surface area contributed by atoms with E-state index in [9.17, 15) is 0 Å². The highest BCUT2D eigenvalue weighted by molar-refractivity contribution is 6.38. The maximum absolute atomic E-state index is 6.24. The van der Waals surface area contributed by atoms with Crippen molar-refractivity contribution in [1.82, 2.24) is 0 Å². The summed E-state index contributed by atoms with van der Waals surface area (Å²) in [6.07, 6.45) is 8.63. The maximum atomic E-state index is 6.24. The largest absolute Gasteiger partial charge is 0.418 e. The minimum Gasteiger partial charge on any atom is -0.418 e. The lowest BCUT2D eigenvalue weighted by Crippen LogP contribution is -2.43. The molecule has 0 aliphatic rings. The summed E-state index contributed by atoms with van der Waals surface area (Å²) in [6.45, 7) is 19.6. The molecule has 0 aliphatic heterocycles. The van der Waals surface area contributed by atoms with Gasteiger partial charge >= 0.3 is 0 Å². The van der Waals surface area contributed by atoms with Crippen molar-refractivity contribution in [2.45, 2.75) is 55.4 Å². The molecule has 8 heteroatoms. The Hall–Kier alpha value is -0.332. The van der Waals surface area contributed by atoms with E-state index >= 15 is 0 Å². The molecule has 0 spiro atoms. The zero-order chi connectivity index (χ0) is 22.1. The van der Waals surface area contributed by atoms with Crippen molar-refractivity contribution in [1.29, 1.82) is 0 Å². The zero-order valence-electron chi connectivity index (χ0n) is 20.1. The molecule has 0 aliphatic carbocycles. The molecule has 0 unspecified atom stereocenters. The first-order valence-corrected chi connectivity index (χ1v) is 15.7. The number of allylic oxidation sites excluding steroid dienone is 8. The third-order valence-electron chi connectivity index (χ3n) is 4.92. The highest BCUT2D eigenvalue weighted by Crippen LogP contribution is 2.21. The van der Waals surface area contributed by atoms with Crippen LogP contribution in [0.15, 0.2) is 45.1 Å². The van der Waals surface area contributed by atoms with Gasteiger partial charge in [0.1, 0.15) is 0 Å². The molecule has 168 valence electrons. The van der Waals surface area contributed by atoms with Crippen LogP contribution in [-0.2, 0) is 17.7 Å². The van der Waals surface area contributed by atoms with E-state index < -0.39 is 39.1 Å². The summed E-state index contributed by atoms with van der Waals surface area (Å²) in [6, 6.07) is 0. The van der Waals surface area contributed by atoms with Crippen LogP contribution in [0.1, 0.15) is 55.4 Å². The van der Waals surface area contributed by atoms with Gasteiger partial charge in [0, 0.05) is 26.4 Å². The van der Waals surface area contributed by atoms with Gasteiger partial charge in [-0.05, 0) is 55.4 Å². The smallest absolute Gasteiger partial charge is 0.187 e. The Morgan fingerprint density at radius 1 is 0.517 bits per heavy atom. The summed E-state index contributed by atoms with van der Waals surface area (Å²) in [7, 11) is -2.72. The van der Waals surface area contributed by atoms with Gasteiger partial charge in [-0.3, -0.25) is 0 Å². The summed E-state index contributed by atoms with van der Waals surface area (Å²) < 4.78 is 24.9. The minimum absolute atomic E-state index is 0.218. The van der Waals surface area contributed by atoms with Crippen molar-refractivity contribution in [2.24, 2.45) is 5.41 Å². The molecular weight excluding hydrogens is 429 g/mol. The lowest BCUT2D eigenvalue weighted by Gasteiger charge is -2.34. The molecule has 0 saturated carbocycles. The predicted octanol–water partition coefficient (Wildman–Crippen LogP) is 2.07. The molecule has 0 amide bonds. The van der Waals surface area contributed by atoms with Crippen LogP contribution < -0.4 is 0 Å². The Morgan fingerprint density at radius 3 is 0.897 bits per heavy atom. The van der Waals surface area contributed by atoms with E-state index in [1.165, 1.54) is 20.8 Å². The number of rotatable bonds is 16. The topological polar surface area (TPSA) is 36.9 Å². The Bertz CT molecular complexity index is 470. The summed E-state index contributed by atoms with van der Waals surface area (Å²) in [4.78, 5) is 0. The van der Waals surface area contributed by atoms with Crippen molar-refractivity contribution in [3.63, 3.8) is 0 Å². The fourth-order valence-corrected chi connectivity index (χ4v) is 6.39. The molecule has 29 heavy (non-hydrogen) atoms. The minimum atomic E-state index is -0.680. The molecule has 0 heterocycles. The van der Waals surface area contributed by atoms with E-state index in [2.05, 4.69) is 79.7 Å². The quantitative estimate of drug-likeness (QED) is 0.322. The normalized spacial score (nSPS) is 17.9. The highest BCUT2D eigenvalue weighted by atomic mass is 28.2. The van der Waals surface area contributed by atoms with Gasteiger partial charge in [-0.2, -0.15) is 0 Å². The number of hydrogen-bond donors (Lipinski definition) is 0. The fraction of sp³-hybridized carbons (Fsp3) is 0.619.